The second-order valence-electron chi connectivity index (χ2n) is 4.01. The zero-order valence-corrected chi connectivity index (χ0v) is 10.7. The Labute approximate surface area is 115 Å². The van der Waals surface area contributed by atoms with E-state index in [4.69, 9.17) is 11.6 Å². The molecule has 0 saturated carbocycles. The topological polar surface area (TPSA) is 30.7 Å². The van der Waals surface area contributed by atoms with Crippen LogP contribution in [0.3, 0.4) is 0 Å². The van der Waals surface area contributed by atoms with E-state index < -0.39 is 46.6 Å². The molecule has 0 aliphatic heterocycles. The van der Waals surface area contributed by atoms with Crippen molar-refractivity contribution in [2.75, 3.05) is 0 Å². The molecule has 0 aliphatic rings. The van der Waals surface area contributed by atoms with Crippen molar-refractivity contribution in [2.45, 2.75) is 18.8 Å². The smallest absolute Gasteiger partial charge is 0.200 e. The van der Waals surface area contributed by atoms with Gasteiger partial charge in [0.15, 0.2) is 23.3 Å². The van der Waals surface area contributed by atoms with Crippen LogP contribution in [0.2, 0.25) is 0 Å². The Morgan fingerprint density at radius 2 is 1.55 bits per heavy atom. The van der Waals surface area contributed by atoms with E-state index >= 15 is 0 Å². The molecule has 108 valence electrons. The van der Waals surface area contributed by atoms with Crippen LogP contribution in [0, 0.1) is 29.1 Å². The normalized spacial score (nSPS) is 12.8. The lowest BCUT2D eigenvalue weighted by molar-refractivity contribution is 0.366. The first kappa shape index (κ1) is 14.7. The molecular weight excluding hydrogens is 305 g/mol. The van der Waals surface area contributed by atoms with Gasteiger partial charge in [-0.05, 0) is 6.92 Å². The molecule has 0 aliphatic carbocycles. The Kier molecular flexibility index (Phi) is 3.94. The van der Waals surface area contributed by atoms with Gasteiger partial charge in [-0.2, -0.15) is 0 Å². The van der Waals surface area contributed by atoms with E-state index in [9.17, 15) is 22.0 Å². The molecule has 0 N–H and O–H groups in total. The van der Waals surface area contributed by atoms with Gasteiger partial charge in [0.2, 0.25) is 5.82 Å². The minimum atomic E-state index is -2.20. The Morgan fingerprint density at radius 3 is 2.00 bits per heavy atom. The maximum absolute atomic E-state index is 13.4. The fourth-order valence-corrected chi connectivity index (χ4v) is 1.62. The third kappa shape index (κ3) is 2.47. The Morgan fingerprint density at radius 1 is 1.05 bits per heavy atom. The molecule has 0 radical (unpaired) electrons. The number of hydrogen-bond acceptors (Lipinski definition) is 2. The van der Waals surface area contributed by atoms with Crippen LogP contribution in [0.1, 0.15) is 23.6 Å². The highest BCUT2D eigenvalue weighted by Gasteiger charge is 2.26. The highest BCUT2D eigenvalue weighted by atomic mass is 35.5. The molecule has 1 heterocycles. The Hall–Kier alpha value is -1.70. The van der Waals surface area contributed by atoms with Gasteiger partial charge >= 0.3 is 0 Å². The summed E-state index contributed by atoms with van der Waals surface area (Å²) in [7, 11) is 0. The van der Waals surface area contributed by atoms with E-state index in [1.165, 1.54) is 6.20 Å². The lowest BCUT2D eigenvalue weighted by atomic mass is 10.1. The van der Waals surface area contributed by atoms with Crippen molar-refractivity contribution in [3.8, 4) is 0 Å². The Balaban J connectivity index is 2.43. The molecule has 0 amide bonds. The monoisotopic (exact) mass is 311 g/mol. The number of benzene rings is 1. The van der Waals surface area contributed by atoms with Gasteiger partial charge in [0.1, 0.15) is 5.69 Å². The van der Waals surface area contributed by atoms with E-state index in [2.05, 4.69) is 10.3 Å². The predicted molar refractivity (Wildman–Crippen MR) is 59.6 cm³/mol. The summed E-state index contributed by atoms with van der Waals surface area (Å²) in [5, 5.41) is 6.62. The van der Waals surface area contributed by atoms with E-state index in [1.807, 2.05) is 0 Å². The van der Waals surface area contributed by atoms with Crippen LogP contribution >= 0.6 is 11.6 Å². The van der Waals surface area contributed by atoms with Gasteiger partial charge in [0.25, 0.3) is 0 Å². The number of nitrogens with zero attached hydrogens (tertiary/aromatic N) is 3. The molecule has 3 nitrogen and oxygen atoms in total. The second-order valence-corrected chi connectivity index (χ2v) is 4.66. The molecule has 1 atom stereocenters. The molecule has 0 bridgehead atoms. The third-order valence-electron chi connectivity index (χ3n) is 2.58. The maximum Gasteiger partial charge on any atom is 0.200 e. The largest absolute Gasteiger partial charge is 0.248 e. The second kappa shape index (κ2) is 5.35. The fourth-order valence-electron chi connectivity index (χ4n) is 1.52. The summed E-state index contributed by atoms with van der Waals surface area (Å²) in [6, 6.07) is 0. The minimum absolute atomic E-state index is 0.315. The minimum Gasteiger partial charge on any atom is -0.248 e. The van der Waals surface area contributed by atoms with Crippen molar-refractivity contribution in [2.24, 2.45) is 0 Å². The molecular formula is C11H7ClF5N3. The number of alkyl halides is 1. The summed E-state index contributed by atoms with van der Waals surface area (Å²) < 4.78 is 66.7. The molecule has 1 aromatic heterocycles. The number of rotatable bonds is 3. The van der Waals surface area contributed by atoms with Gasteiger partial charge in [-0.25, -0.2) is 26.6 Å². The van der Waals surface area contributed by atoms with Gasteiger partial charge in [-0.3, -0.25) is 0 Å². The molecule has 2 rings (SSSR count). The lowest BCUT2D eigenvalue weighted by Gasteiger charge is -2.07. The van der Waals surface area contributed by atoms with Crippen LogP contribution < -0.4 is 0 Å². The van der Waals surface area contributed by atoms with E-state index in [0.29, 0.717) is 5.69 Å². The van der Waals surface area contributed by atoms with Crippen LogP contribution in [0.4, 0.5) is 22.0 Å². The van der Waals surface area contributed by atoms with Crippen molar-refractivity contribution in [1.29, 1.82) is 0 Å². The molecule has 1 aromatic carbocycles. The van der Waals surface area contributed by atoms with Crippen molar-refractivity contribution < 1.29 is 22.0 Å². The number of halogens is 6. The molecule has 20 heavy (non-hydrogen) atoms. The standard InChI is InChI=1S/C11H7ClF5N3/c1-4(12)6-3-20(19-18-6)2-5-7(13)9(15)11(17)10(16)8(5)14/h3-4H,2H2,1H3. The van der Waals surface area contributed by atoms with Crippen molar-refractivity contribution in [1.82, 2.24) is 15.0 Å². The van der Waals surface area contributed by atoms with Crippen molar-refractivity contribution >= 4 is 11.6 Å². The average molecular weight is 312 g/mol. The van der Waals surface area contributed by atoms with Crippen LogP contribution in [-0.2, 0) is 6.54 Å². The highest BCUT2D eigenvalue weighted by molar-refractivity contribution is 6.20. The van der Waals surface area contributed by atoms with Gasteiger partial charge in [0, 0.05) is 0 Å². The summed E-state index contributed by atoms with van der Waals surface area (Å²) in [6.45, 7) is 0.941. The number of aromatic nitrogens is 3. The molecule has 1 unspecified atom stereocenters. The molecule has 2 aromatic rings. The van der Waals surface area contributed by atoms with E-state index in [0.717, 1.165) is 4.68 Å². The van der Waals surface area contributed by atoms with Crippen molar-refractivity contribution in [3.05, 3.63) is 46.5 Å². The van der Waals surface area contributed by atoms with Gasteiger partial charge < -0.3 is 0 Å². The SMILES string of the molecule is CC(Cl)c1cn(Cc2c(F)c(F)c(F)c(F)c2F)nn1. The summed E-state index contributed by atoms with van der Waals surface area (Å²) in [5.41, 5.74) is -0.671. The summed E-state index contributed by atoms with van der Waals surface area (Å²) in [5.74, 6) is -9.97. The fraction of sp³-hybridized carbons (Fsp3) is 0.273. The summed E-state index contributed by atoms with van der Waals surface area (Å²) in [6.07, 6.45) is 1.26. The average Bonchev–Trinajstić information content (AvgIpc) is 2.88. The molecule has 0 saturated heterocycles. The first-order valence-electron chi connectivity index (χ1n) is 5.37. The predicted octanol–water partition coefficient (Wildman–Crippen LogP) is 3.32. The quantitative estimate of drug-likeness (QED) is 0.377. The highest BCUT2D eigenvalue weighted by Crippen LogP contribution is 2.24. The van der Waals surface area contributed by atoms with E-state index in [-0.39, 0.29) is 0 Å². The van der Waals surface area contributed by atoms with Gasteiger partial charge in [0.05, 0.1) is 23.7 Å². The molecule has 0 spiro atoms. The summed E-state index contributed by atoms with van der Waals surface area (Å²) >= 11 is 5.72. The first-order chi connectivity index (χ1) is 9.32. The molecule has 9 heteroatoms. The van der Waals surface area contributed by atoms with Crippen molar-refractivity contribution in [3.63, 3.8) is 0 Å². The van der Waals surface area contributed by atoms with Crippen LogP contribution in [0.5, 0.6) is 0 Å². The Bertz CT molecular complexity index is 627. The zero-order chi connectivity index (χ0) is 15.0. The lowest BCUT2D eigenvalue weighted by Crippen LogP contribution is -2.11. The first-order valence-corrected chi connectivity index (χ1v) is 5.81. The van der Waals surface area contributed by atoms with Crippen LogP contribution in [0.25, 0.3) is 0 Å². The van der Waals surface area contributed by atoms with Gasteiger partial charge in [-0.15, -0.1) is 16.7 Å². The van der Waals surface area contributed by atoms with Gasteiger partial charge in [-0.1, -0.05) is 5.21 Å². The summed E-state index contributed by atoms with van der Waals surface area (Å²) in [4.78, 5) is 0. The molecule has 0 fully saturated rings. The van der Waals surface area contributed by atoms with Crippen LogP contribution in [-0.4, -0.2) is 15.0 Å². The van der Waals surface area contributed by atoms with E-state index in [1.54, 1.807) is 6.92 Å². The zero-order valence-electron chi connectivity index (χ0n) is 9.97. The van der Waals surface area contributed by atoms with Crippen LogP contribution in [0.15, 0.2) is 6.20 Å². The maximum atomic E-state index is 13.4. The third-order valence-corrected chi connectivity index (χ3v) is 2.81. The number of hydrogen-bond donors (Lipinski definition) is 0.